The lowest BCUT2D eigenvalue weighted by Crippen LogP contribution is -2.11. The fourth-order valence-corrected chi connectivity index (χ4v) is 1.97. The van der Waals surface area contributed by atoms with Crippen molar-refractivity contribution in [2.24, 2.45) is 5.41 Å². The van der Waals surface area contributed by atoms with Gasteiger partial charge < -0.3 is 5.11 Å². The Labute approximate surface area is 102 Å². The quantitative estimate of drug-likeness (QED) is 0.851. The molecule has 1 heterocycles. The van der Waals surface area contributed by atoms with Gasteiger partial charge in [0.2, 0.25) is 0 Å². The van der Waals surface area contributed by atoms with E-state index in [2.05, 4.69) is 25.8 Å². The molecule has 0 amide bonds. The SMILES string of the molecule is CC(C)(C)CC(O)c1cnc2ccccc2c1. The van der Waals surface area contributed by atoms with Crippen LogP contribution in [0.3, 0.4) is 0 Å². The molecule has 1 aromatic heterocycles. The predicted molar refractivity (Wildman–Crippen MR) is 70.8 cm³/mol. The fraction of sp³-hybridized carbons (Fsp3) is 0.400. The predicted octanol–water partition coefficient (Wildman–Crippen LogP) is 3.70. The van der Waals surface area contributed by atoms with Crippen LogP contribution in [0.4, 0.5) is 0 Å². The molecule has 1 aromatic carbocycles. The summed E-state index contributed by atoms with van der Waals surface area (Å²) < 4.78 is 0. The van der Waals surface area contributed by atoms with Crippen molar-refractivity contribution in [3.8, 4) is 0 Å². The van der Waals surface area contributed by atoms with Crippen LogP contribution in [0.25, 0.3) is 10.9 Å². The number of rotatable bonds is 2. The number of fused-ring (bicyclic) bond motifs is 1. The highest BCUT2D eigenvalue weighted by molar-refractivity contribution is 5.78. The van der Waals surface area contributed by atoms with Gasteiger partial charge in [-0.25, -0.2) is 0 Å². The third kappa shape index (κ3) is 3.04. The molecule has 0 fully saturated rings. The maximum Gasteiger partial charge on any atom is 0.0810 e. The zero-order valence-corrected chi connectivity index (χ0v) is 10.6. The smallest absolute Gasteiger partial charge is 0.0810 e. The van der Waals surface area contributed by atoms with Crippen molar-refractivity contribution >= 4 is 10.9 Å². The number of aliphatic hydroxyl groups excluding tert-OH is 1. The molecule has 0 saturated carbocycles. The third-order valence-corrected chi connectivity index (χ3v) is 2.80. The molecule has 0 aliphatic rings. The van der Waals surface area contributed by atoms with E-state index >= 15 is 0 Å². The second-order valence-corrected chi connectivity index (χ2v) is 5.74. The summed E-state index contributed by atoms with van der Waals surface area (Å²) in [7, 11) is 0. The van der Waals surface area contributed by atoms with Crippen LogP contribution in [0.15, 0.2) is 36.5 Å². The topological polar surface area (TPSA) is 33.1 Å². The average molecular weight is 229 g/mol. The second-order valence-electron chi connectivity index (χ2n) is 5.74. The van der Waals surface area contributed by atoms with Crippen LogP contribution in [0.5, 0.6) is 0 Å². The normalized spacial score (nSPS) is 13.9. The summed E-state index contributed by atoms with van der Waals surface area (Å²) in [4.78, 5) is 4.37. The first-order valence-electron chi connectivity index (χ1n) is 5.98. The molecule has 2 nitrogen and oxygen atoms in total. The summed E-state index contributed by atoms with van der Waals surface area (Å²) in [5, 5.41) is 11.3. The van der Waals surface area contributed by atoms with Gasteiger partial charge in [0, 0.05) is 11.6 Å². The van der Waals surface area contributed by atoms with Crippen molar-refractivity contribution in [2.45, 2.75) is 33.3 Å². The first-order valence-corrected chi connectivity index (χ1v) is 5.98. The molecule has 0 aliphatic heterocycles. The molecule has 2 aromatic rings. The summed E-state index contributed by atoms with van der Waals surface area (Å²) in [5.74, 6) is 0. The van der Waals surface area contributed by atoms with E-state index in [1.165, 1.54) is 0 Å². The van der Waals surface area contributed by atoms with Crippen LogP contribution in [-0.2, 0) is 0 Å². The number of aromatic nitrogens is 1. The molecule has 0 saturated heterocycles. The van der Waals surface area contributed by atoms with Crippen molar-refractivity contribution in [3.05, 3.63) is 42.1 Å². The van der Waals surface area contributed by atoms with Crippen LogP contribution >= 0.6 is 0 Å². The lowest BCUT2D eigenvalue weighted by molar-refractivity contribution is 0.122. The third-order valence-electron chi connectivity index (χ3n) is 2.80. The molecule has 0 spiro atoms. The van der Waals surface area contributed by atoms with Crippen LogP contribution in [0.1, 0.15) is 38.9 Å². The fourth-order valence-electron chi connectivity index (χ4n) is 1.97. The zero-order chi connectivity index (χ0) is 12.5. The number of aliphatic hydroxyl groups is 1. The molecular formula is C15H19NO. The van der Waals surface area contributed by atoms with Crippen molar-refractivity contribution in [1.29, 1.82) is 0 Å². The van der Waals surface area contributed by atoms with E-state index in [1.54, 1.807) is 6.20 Å². The van der Waals surface area contributed by atoms with Crippen LogP contribution < -0.4 is 0 Å². The molecule has 0 radical (unpaired) electrons. The lowest BCUT2D eigenvalue weighted by Gasteiger charge is -2.22. The van der Waals surface area contributed by atoms with Gasteiger partial charge in [-0.3, -0.25) is 4.98 Å². The van der Waals surface area contributed by atoms with E-state index in [-0.39, 0.29) is 5.41 Å². The van der Waals surface area contributed by atoms with Crippen LogP contribution in [0.2, 0.25) is 0 Å². The summed E-state index contributed by atoms with van der Waals surface area (Å²) >= 11 is 0. The van der Waals surface area contributed by atoms with Gasteiger partial charge in [0.05, 0.1) is 11.6 Å². The van der Waals surface area contributed by atoms with Gasteiger partial charge in [0.1, 0.15) is 0 Å². The molecule has 2 heteroatoms. The van der Waals surface area contributed by atoms with E-state index in [0.717, 1.165) is 22.9 Å². The van der Waals surface area contributed by atoms with Gasteiger partial charge in [-0.1, -0.05) is 39.0 Å². The Bertz CT molecular complexity index is 514. The Kier molecular flexibility index (Phi) is 3.16. The molecular weight excluding hydrogens is 210 g/mol. The Hall–Kier alpha value is -1.41. The minimum absolute atomic E-state index is 0.116. The molecule has 0 aliphatic carbocycles. The van der Waals surface area contributed by atoms with E-state index in [4.69, 9.17) is 0 Å². The minimum atomic E-state index is -0.438. The van der Waals surface area contributed by atoms with E-state index in [9.17, 15) is 5.11 Å². The van der Waals surface area contributed by atoms with Crippen molar-refractivity contribution < 1.29 is 5.11 Å². The molecule has 17 heavy (non-hydrogen) atoms. The lowest BCUT2D eigenvalue weighted by atomic mass is 9.87. The van der Waals surface area contributed by atoms with Crippen LogP contribution in [-0.4, -0.2) is 10.1 Å². The Morgan fingerprint density at radius 1 is 1.24 bits per heavy atom. The monoisotopic (exact) mass is 229 g/mol. The largest absolute Gasteiger partial charge is 0.388 e. The first kappa shape index (κ1) is 12.1. The van der Waals surface area contributed by atoms with Gasteiger partial charge in [-0.15, -0.1) is 0 Å². The molecule has 1 unspecified atom stereocenters. The standard InChI is InChI=1S/C15H19NO/c1-15(2,3)9-14(17)12-8-11-6-4-5-7-13(11)16-10-12/h4-8,10,14,17H,9H2,1-3H3. The number of hydrogen-bond donors (Lipinski definition) is 1. The highest BCUT2D eigenvalue weighted by Crippen LogP contribution is 2.29. The van der Waals surface area contributed by atoms with Gasteiger partial charge in [-0.2, -0.15) is 0 Å². The summed E-state index contributed by atoms with van der Waals surface area (Å²) in [6.07, 6.45) is 2.08. The molecule has 0 bridgehead atoms. The van der Waals surface area contributed by atoms with E-state index in [1.807, 2.05) is 30.3 Å². The number of para-hydroxylation sites is 1. The van der Waals surface area contributed by atoms with Gasteiger partial charge >= 0.3 is 0 Å². The highest BCUT2D eigenvalue weighted by Gasteiger charge is 2.18. The zero-order valence-electron chi connectivity index (χ0n) is 10.6. The number of pyridine rings is 1. The van der Waals surface area contributed by atoms with Gasteiger partial charge in [0.15, 0.2) is 0 Å². The molecule has 1 atom stereocenters. The molecule has 2 rings (SSSR count). The van der Waals surface area contributed by atoms with Crippen molar-refractivity contribution in [1.82, 2.24) is 4.98 Å². The number of hydrogen-bond acceptors (Lipinski definition) is 2. The van der Waals surface area contributed by atoms with Crippen LogP contribution in [0, 0.1) is 5.41 Å². The van der Waals surface area contributed by atoms with E-state index in [0.29, 0.717) is 0 Å². The maximum atomic E-state index is 10.2. The Morgan fingerprint density at radius 2 is 1.94 bits per heavy atom. The highest BCUT2D eigenvalue weighted by atomic mass is 16.3. The summed E-state index contributed by atoms with van der Waals surface area (Å²) in [5.41, 5.74) is 1.99. The number of benzene rings is 1. The summed E-state index contributed by atoms with van der Waals surface area (Å²) in [6, 6.07) is 9.99. The molecule has 1 N–H and O–H groups in total. The average Bonchev–Trinajstić information content (AvgIpc) is 2.26. The van der Waals surface area contributed by atoms with E-state index < -0.39 is 6.10 Å². The summed E-state index contributed by atoms with van der Waals surface area (Å²) in [6.45, 7) is 6.39. The van der Waals surface area contributed by atoms with Crippen molar-refractivity contribution in [3.63, 3.8) is 0 Å². The second kappa shape index (κ2) is 4.46. The van der Waals surface area contributed by atoms with Gasteiger partial charge in [0.25, 0.3) is 0 Å². The minimum Gasteiger partial charge on any atom is -0.388 e. The Morgan fingerprint density at radius 3 is 2.65 bits per heavy atom. The molecule has 90 valence electrons. The van der Waals surface area contributed by atoms with Gasteiger partial charge in [-0.05, 0) is 29.5 Å². The first-order chi connectivity index (χ1) is 7.96. The number of nitrogens with zero attached hydrogens (tertiary/aromatic N) is 1. The Balaban J connectivity index is 2.30. The maximum absolute atomic E-state index is 10.2. The van der Waals surface area contributed by atoms with Crippen molar-refractivity contribution in [2.75, 3.05) is 0 Å².